The van der Waals surface area contributed by atoms with Gasteiger partial charge in [-0.25, -0.2) is 0 Å². The number of anilines is 1. The summed E-state index contributed by atoms with van der Waals surface area (Å²) >= 11 is 0. The molecule has 0 spiro atoms. The zero-order valence-corrected chi connectivity index (χ0v) is 12.7. The SMILES string of the molecule is CNc1ccccc(C(=O)/C=C\c2ccc(C(F)(F)F)cc2)c1=O. The highest BCUT2D eigenvalue weighted by molar-refractivity contribution is 6.07. The van der Waals surface area contributed by atoms with Gasteiger partial charge in [-0.3, -0.25) is 9.59 Å². The minimum absolute atomic E-state index is 0.0208. The van der Waals surface area contributed by atoms with Gasteiger partial charge in [0.15, 0.2) is 5.78 Å². The second-order valence-electron chi connectivity index (χ2n) is 4.94. The van der Waals surface area contributed by atoms with E-state index in [-0.39, 0.29) is 11.3 Å². The molecule has 0 aromatic heterocycles. The predicted molar refractivity (Wildman–Crippen MR) is 87.1 cm³/mol. The molecule has 2 aromatic carbocycles. The molecule has 1 N–H and O–H groups in total. The highest BCUT2D eigenvalue weighted by Gasteiger charge is 2.29. The molecule has 0 fully saturated rings. The molecule has 124 valence electrons. The van der Waals surface area contributed by atoms with E-state index >= 15 is 0 Å². The number of hydrogen-bond acceptors (Lipinski definition) is 3. The molecule has 3 nitrogen and oxygen atoms in total. The number of benzene rings is 1. The molecule has 0 unspecified atom stereocenters. The minimum atomic E-state index is -4.40. The number of rotatable bonds is 4. The van der Waals surface area contributed by atoms with Crippen molar-refractivity contribution in [3.05, 3.63) is 81.5 Å². The first-order valence-electron chi connectivity index (χ1n) is 7.03. The zero-order valence-electron chi connectivity index (χ0n) is 12.7. The molecule has 24 heavy (non-hydrogen) atoms. The summed E-state index contributed by atoms with van der Waals surface area (Å²) in [6, 6.07) is 10.5. The van der Waals surface area contributed by atoms with Crippen LogP contribution in [0, 0.1) is 0 Å². The Labute approximate surface area is 136 Å². The molecule has 0 amide bonds. The van der Waals surface area contributed by atoms with Crippen LogP contribution in [0.5, 0.6) is 0 Å². The predicted octanol–water partition coefficient (Wildman–Crippen LogP) is 4.00. The number of allylic oxidation sites excluding steroid dienone is 1. The Morgan fingerprint density at radius 1 is 1.04 bits per heavy atom. The number of nitrogens with one attached hydrogen (secondary N) is 1. The number of ketones is 1. The lowest BCUT2D eigenvalue weighted by Crippen LogP contribution is -2.14. The van der Waals surface area contributed by atoms with Gasteiger partial charge in [-0.2, -0.15) is 13.2 Å². The van der Waals surface area contributed by atoms with Crippen molar-refractivity contribution in [1.82, 2.24) is 0 Å². The summed E-state index contributed by atoms with van der Waals surface area (Å²) in [7, 11) is 1.57. The standard InChI is InChI=1S/C18H14F3NO2/c1-22-15-5-3-2-4-14(17(15)24)16(23)11-8-12-6-9-13(10-7-12)18(19,20)21/h2-11H,1H3,(H,22,24)/b11-8-. The van der Waals surface area contributed by atoms with Gasteiger partial charge in [-0.1, -0.05) is 30.3 Å². The lowest BCUT2D eigenvalue weighted by Gasteiger charge is -2.05. The number of carbonyl (C=O) groups is 1. The van der Waals surface area contributed by atoms with Crippen LogP contribution in [0.4, 0.5) is 18.9 Å². The molecule has 0 bridgehead atoms. The van der Waals surface area contributed by atoms with E-state index in [4.69, 9.17) is 0 Å². The highest BCUT2D eigenvalue weighted by Crippen LogP contribution is 2.29. The van der Waals surface area contributed by atoms with Crippen molar-refractivity contribution in [2.75, 3.05) is 12.4 Å². The van der Waals surface area contributed by atoms with Gasteiger partial charge in [0, 0.05) is 7.05 Å². The van der Waals surface area contributed by atoms with Crippen LogP contribution in [0.15, 0.2) is 59.4 Å². The lowest BCUT2D eigenvalue weighted by atomic mass is 10.1. The van der Waals surface area contributed by atoms with Gasteiger partial charge >= 0.3 is 6.18 Å². The third kappa shape index (κ3) is 4.10. The van der Waals surface area contributed by atoms with E-state index in [0.29, 0.717) is 5.56 Å². The number of hydrogen-bond donors (Lipinski definition) is 1. The summed E-state index contributed by atoms with van der Waals surface area (Å²) in [4.78, 5) is 24.3. The van der Waals surface area contributed by atoms with Crippen molar-refractivity contribution < 1.29 is 18.0 Å². The average Bonchev–Trinajstić information content (AvgIpc) is 2.73. The Kier molecular flexibility index (Phi) is 5.18. The Balaban J connectivity index is 2.26. The van der Waals surface area contributed by atoms with E-state index in [0.717, 1.165) is 12.1 Å². The Morgan fingerprint density at radius 3 is 2.25 bits per heavy atom. The molecule has 2 rings (SSSR count). The van der Waals surface area contributed by atoms with Crippen LogP contribution < -0.4 is 10.7 Å². The maximum atomic E-state index is 12.5. The number of carbonyl (C=O) groups excluding carboxylic acids is 1. The zero-order chi connectivity index (χ0) is 17.7. The summed E-state index contributed by atoms with van der Waals surface area (Å²) in [5.74, 6) is -0.521. The smallest absolute Gasteiger partial charge is 0.385 e. The normalized spacial score (nSPS) is 11.5. The second-order valence-corrected chi connectivity index (χ2v) is 4.94. The third-order valence-electron chi connectivity index (χ3n) is 3.33. The Morgan fingerprint density at radius 2 is 1.67 bits per heavy atom. The van der Waals surface area contributed by atoms with Gasteiger partial charge in [0.2, 0.25) is 5.43 Å². The summed E-state index contributed by atoms with van der Waals surface area (Å²) in [5.41, 5.74) is -0.511. The molecule has 6 heteroatoms. The molecule has 0 radical (unpaired) electrons. The van der Waals surface area contributed by atoms with Crippen molar-refractivity contribution in [2.45, 2.75) is 6.18 Å². The van der Waals surface area contributed by atoms with Gasteiger partial charge in [-0.15, -0.1) is 0 Å². The molecular formula is C18H14F3NO2. The second kappa shape index (κ2) is 7.12. The van der Waals surface area contributed by atoms with E-state index in [1.807, 2.05) is 0 Å². The van der Waals surface area contributed by atoms with Gasteiger partial charge in [0.25, 0.3) is 0 Å². The van der Waals surface area contributed by atoms with Gasteiger partial charge < -0.3 is 5.32 Å². The van der Waals surface area contributed by atoms with E-state index in [9.17, 15) is 22.8 Å². The fourth-order valence-corrected chi connectivity index (χ4v) is 2.04. The van der Waals surface area contributed by atoms with Crippen LogP contribution >= 0.6 is 0 Å². The van der Waals surface area contributed by atoms with Crippen LogP contribution in [0.25, 0.3) is 6.08 Å². The van der Waals surface area contributed by atoms with E-state index in [1.165, 1.54) is 30.4 Å². The fourth-order valence-electron chi connectivity index (χ4n) is 2.04. The molecule has 0 heterocycles. The van der Waals surface area contributed by atoms with Crippen LogP contribution in [0.1, 0.15) is 21.5 Å². The van der Waals surface area contributed by atoms with E-state index in [2.05, 4.69) is 5.32 Å². The van der Waals surface area contributed by atoms with Gasteiger partial charge in [0.1, 0.15) is 0 Å². The molecule has 0 aliphatic carbocycles. The van der Waals surface area contributed by atoms with Crippen LogP contribution in [-0.2, 0) is 6.18 Å². The summed E-state index contributed by atoms with van der Waals surface area (Å²) in [6.07, 6.45) is -1.87. The minimum Gasteiger partial charge on any atom is -0.385 e. The summed E-state index contributed by atoms with van der Waals surface area (Å²) in [6.45, 7) is 0. The monoisotopic (exact) mass is 333 g/mol. The number of alkyl halides is 3. The Hall–Kier alpha value is -2.89. The lowest BCUT2D eigenvalue weighted by molar-refractivity contribution is -0.137. The largest absolute Gasteiger partial charge is 0.416 e. The third-order valence-corrected chi connectivity index (χ3v) is 3.33. The maximum Gasteiger partial charge on any atom is 0.416 e. The molecule has 0 aliphatic heterocycles. The quantitative estimate of drug-likeness (QED) is 0.679. The highest BCUT2D eigenvalue weighted by atomic mass is 19.4. The van der Waals surface area contributed by atoms with Crippen molar-refractivity contribution in [1.29, 1.82) is 0 Å². The van der Waals surface area contributed by atoms with Crippen molar-refractivity contribution in [3.8, 4) is 0 Å². The molecular weight excluding hydrogens is 319 g/mol. The first kappa shape index (κ1) is 17.5. The van der Waals surface area contributed by atoms with E-state index < -0.39 is 23.0 Å². The molecule has 0 saturated carbocycles. The van der Waals surface area contributed by atoms with Crippen LogP contribution in [0.2, 0.25) is 0 Å². The Bertz CT molecular complexity index is 825. The van der Waals surface area contributed by atoms with Crippen LogP contribution in [-0.4, -0.2) is 12.8 Å². The van der Waals surface area contributed by atoms with Gasteiger partial charge in [0.05, 0.1) is 16.8 Å². The molecule has 0 saturated heterocycles. The van der Waals surface area contributed by atoms with Gasteiger partial charge in [-0.05, 0) is 35.9 Å². The number of halogens is 3. The first-order chi connectivity index (χ1) is 11.3. The molecule has 0 aliphatic rings. The fraction of sp³-hybridized carbons (Fsp3) is 0.111. The topological polar surface area (TPSA) is 46.2 Å². The van der Waals surface area contributed by atoms with E-state index in [1.54, 1.807) is 25.2 Å². The van der Waals surface area contributed by atoms with Crippen molar-refractivity contribution in [3.63, 3.8) is 0 Å². The maximum absolute atomic E-state index is 12.5. The average molecular weight is 333 g/mol. The van der Waals surface area contributed by atoms with Crippen molar-refractivity contribution in [2.24, 2.45) is 0 Å². The molecule has 2 aromatic rings. The summed E-state index contributed by atoms with van der Waals surface area (Å²) in [5, 5.41) is 2.71. The van der Waals surface area contributed by atoms with Crippen molar-refractivity contribution >= 4 is 17.5 Å². The first-order valence-corrected chi connectivity index (χ1v) is 7.03. The molecule has 0 atom stereocenters. The van der Waals surface area contributed by atoms with Crippen LogP contribution in [0.3, 0.4) is 0 Å². The summed E-state index contributed by atoms with van der Waals surface area (Å²) < 4.78 is 37.5.